The Balaban J connectivity index is 0.000000633. The van der Waals surface area contributed by atoms with Gasteiger partial charge in [0.1, 0.15) is 17.3 Å². The monoisotopic (exact) mass is 445 g/mol. The molecule has 11 nitrogen and oxygen atoms in total. The maximum absolute atomic E-state index is 12.0. The zero-order valence-electron chi connectivity index (χ0n) is 19.8. The number of nitrogens with one attached hydrogen (secondary N) is 2. The van der Waals surface area contributed by atoms with Gasteiger partial charge in [-0.15, -0.1) is 5.10 Å². The highest BCUT2D eigenvalue weighted by Gasteiger charge is 2.23. The van der Waals surface area contributed by atoms with Crippen LogP contribution in [-0.4, -0.2) is 50.6 Å². The lowest BCUT2D eigenvalue weighted by atomic mass is 10.2. The van der Waals surface area contributed by atoms with E-state index in [0.29, 0.717) is 29.6 Å². The van der Waals surface area contributed by atoms with Gasteiger partial charge in [-0.2, -0.15) is 14.9 Å². The lowest BCUT2D eigenvalue weighted by Crippen LogP contribution is -2.35. The molecule has 2 aromatic rings. The molecule has 0 aromatic carbocycles. The van der Waals surface area contributed by atoms with Crippen LogP contribution in [0.25, 0.3) is 5.82 Å². The summed E-state index contributed by atoms with van der Waals surface area (Å²) in [5.74, 6) is 1.35. The number of hydrogen-bond acceptors (Lipinski definition) is 9. The van der Waals surface area contributed by atoms with Crippen molar-refractivity contribution in [3.8, 4) is 11.9 Å². The van der Waals surface area contributed by atoms with Crippen LogP contribution in [0.2, 0.25) is 0 Å². The van der Waals surface area contributed by atoms with Crippen LogP contribution in [0.3, 0.4) is 0 Å². The highest BCUT2D eigenvalue weighted by molar-refractivity contribution is 5.68. The molecule has 0 unspecified atom stereocenters. The van der Waals surface area contributed by atoms with E-state index in [1.165, 1.54) is 10.9 Å². The van der Waals surface area contributed by atoms with Gasteiger partial charge in [0, 0.05) is 13.2 Å². The topological polar surface area (TPSA) is 144 Å². The van der Waals surface area contributed by atoms with Crippen LogP contribution in [0.1, 0.15) is 65.9 Å². The van der Waals surface area contributed by atoms with Crippen molar-refractivity contribution in [3.63, 3.8) is 0 Å². The van der Waals surface area contributed by atoms with Gasteiger partial charge in [0.05, 0.1) is 11.6 Å². The highest BCUT2D eigenvalue weighted by atomic mass is 16.6. The number of anilines is 1. The van der Waals surface area contributed by atoms with Gasteiger partial charge in [0.15, 0.2) is 11.6 Å². The molecule has 2 heterocycles. The summed E-state index contributed by atoms with van der Waals surface area (Å²) in [5, 5.41) is 18.8. The van der Waals surface area contributed by atoms with E-state index >= 15 is 0 Å². The maximum atomic E-state index is 12.0. The number of nitrogens with zero attached hydrogens (tertiary/aromatic N) is 5. The fraction of sp³-hybridized carbons (Fsp3) is 0.524. The van der Waals surface area contributed by atoms with Gasteiger partial charge in [-0.05, 0) is 60.6 Å². The average molecular weight is 446 g/mol. The number of rotatable bonds is 5. The van der Waals surface area contributed by atoms with Crippen LogP contribution < -0.4 is 10.6 Å². The fourth-order valence-corrected chi connectivity index (χ4v) is 2.15. The second-order valence-corrected chi connectivity index (χ2v) is 8.67. The van der Waals surface area contributed by atoms with Crippen LogP contribution in [0.4, 0.5) is 10.7 Å². The molecule has 0 bridgehead atoms. The van der Waals surface area contributed by atoms with Crippen LogP contribution >= 0.6 is 0 Å². The largest absolute Gasteiger partial charge is 0.462 e. The van der Waals surface area contributed by atoms with Crippen molar-refractivity contribution in [2.45, 2.75) is 65.7 Å². The van der Waals surface area contributed by atoms with Crippen LogP contribution in [0, 0.1) is 11.3 Å². The molecule has 0 fully saturated rings. The molecule has 1 atom stereocenters. The van der Waals surface area contributed by atoms with Gasteiger partial charge in [-0.1, -0.05) is 0 Å². The Morgan fingerprint density at radius 1 is 1.22 bits per heavy atom. The van der Waals surface area contributed by atoms with E-state index < -0.39 is 17.7 Å². The van der Waals surface area contributed by atoms with E-state index in [2.05, 4.69) is 30.4 Å². The minimum Gasteiger partial charge on any atom is -0.462 e. The molecule has 0 saturated carbocycles. The summed E-state index contributed by atoms with van der Waals surface area (Å²) in [6.45, 7) is 13.1. The maximum Gasteiger partial charge on any atom is 0.408 e. The summed E-state index contributed by atoms with van der Waals surface area (Å²) in [6, 6.07) is 4.84. The molecule has 0 aliphatic carbocycles. The van der Waals surface area contributed by atoms with E-state index in [0.717, 1.165) is 0 Å². The Kier molecular flexibility index (Phi) is 9.13. The molecule has 2 N–H and O–H groups in total. The molecule has 1 amide bonds. The molecule has 0 aliphatic rings. The minimum absolute atomic E-state index is 0.318. The van der Waals surface area contributed by atoms with E-state index in [1.54, 1.807) is 46.9 Å². The molecule has 0 aliphatic heterocycles. The van der Waals surface area contributed by atoms with E-state index in [4.69, 9.17) is 10.00 Å². The van der Waals surface area contributed by atoms with Crippen molar-refractivity contribution < 1.29 is 19.1 Å². The number of aromatic nitrogens is 4. The third-order valence-electron chi connectivity index (χ3n) is 3.47. The number of carbonyl (C=O) groups is 2. The second kappa shape index (κ2) is 11.1. The van der Waals surface area contributed by atoms with Crippen LogP contribution in [-0.2, 0) is 14.3 Å². The Labute approximate surface area is 188 Å². The molecular weight excluding hydrogens is 414 g/mol. The van der Waals surface area contributed by atoms with Gasteiger partial charge >= 0.3 is 6.09 Å². The average Bonchev–Trinajstić information content (AvgIpc) is 3.11. The van der Waals surface area contributed by atoms with Crippen LogP contribution in [0.5, 0.6) is 0 Å². The summed E-state index contributed by atoms with van der Waals surface area (Å²) in [6.07, 6.45) is 0.902. The smallest absolute Gasteiger partial charge is 0.408 e. The molecule has 32 heavy (non-hydrogen) atoms. The Bertz CT molecular complexity index is 935. The van der Waals surface area contributed by atoms with E-state index in [-0.39, 0.29) is 5.60 Å². The van der Waals surface area contributed by atoms with Crippen molar-refractivity contribution in [2.75, 3.05) is 12.4 Å². The number of amides is 1. The molecule has 0 radical (unpaired) electrons. The first-order valence-electron chi connectivity index (χ1n) is 9.92. The second-order valence-electron chi connectivity index (χ2n) is 8.67. The SMILES string of the molecule is CC(C)(C)OC=O.CNc1nc([C@H](C)NC(=O)OC(C)(C)C)n(-c2ccc(C#N)cn2)n1. The number of ether oxygens (including phenoxy) is 2. The third-order valence-corrected chi connectivity index (χ3v) is 3.47. The van der Waals surface area contributed by atoms with E-state index in [9.17, 15) is 9.59 Å². The number of alkyl carbamates (subject to hydrolysis) is 1. The predicted octanol–water partition coefficient (Wildman–Crippen LogP) is 3.12. The normalized spacial score (nSPS) is 11.8. The van der Waals surface area contributed by atoms with Crippen molar-refractivity contribution in [1.29, 1.82) is 5.26 Å². The molecule has 11 heteroatoms. The predicted molar refractivity (Wildman–Crippen MR) is 118 cm³/mol. The number of hydrogen-bond donors (Lipinski definition) is 2. The summed E-state index contributed by atoms with van der Waals surface area (Å²) >= 11 is 0. The lowest BCUT2D eigenvalue weighted by Gasteiger charge is -2.21. The molecule has 2 aromatic heterocycles. The minimum atomic E-state index is -0.595. The third kappa shape index (κ3) is 8.99. The summed E-state index contributed by atoms with van der Waals surface area (Å²) < 4.78 is 11.3. The fourth-order valence-electron chi connectivity index (χ4n) is 2.15. The highest BCUT2D eigenvalue weighted by Crippen LogP contribution is 2.18. The van der Waals surface area contributed by atoms with Crippen molar-refractivity contribution in [3.05, 3.63) is 29.7 Å². The zero-order valence-corrected chi connectivity index (χ0v) is 19.8. The number of pyridine rings is 1. The molecule has 0 saturated heterocycles. The standard InChI is InChI=1S/C16H21N7O2.C5H10O2/c1-10(20-15(24)25-16(2,3)4)13-21-14(18-5)22-23(13)12-7-6-11(8-17)9-19-12;1-5(2,3)7-4-6/h6-7,9-10H,1-5H3,(H,18,22)(H,20,24);4H,1-3H3/t10-;/m0./s1. The molecule has 2 rings (SSSR count). The number of nitriles is 1. The van der Waals surface area contributed by atoms with Gasteiger partial charge in [0.2, 0.25) is 5.95 Å². The molecular formula is C21H31N7O4. The number of carbonyl (C=O) groups excluding carboxylic acids is 2. The van der Waals surface area contributed by atoms with Gasteiger partial charge < -0.3 is 20.1 Å². The Morgan fingerprint density at radius 2 is 1.88 bits per heavy atom. The van der Waals surface area contributed by atoms with Crippen LogP contribution in [0.15, 0.2) is 18.3 Å². The molecule has 174 valence electrons. The summed E-state index contributed by atoms with van der Waals surface area (Å²) in [4.78, 5) is 30.2. The first-order chi connectivity index (χ1) is 14.8. The summed E-state index contributed by atoms with van der Waals surface area (Å²) in [7, 11) is 1.70. The van der Waals surface area contributed by atoms with Gasteiger partial charge in [0.25, 0.3) is 6.47 Å². The first-order valence-corrected chi connectivity index (χ1v) is 9.92. The summed E-state index contributed by atoms with van der Waals surface area (Å²) in [5.41, 5.74) is -0.469. The van der Waals surface area contributed by atoms with Crippen molar-refractivity contribution in [2.24, 2.45) is 0 Å². The van der Waals surface area contributed by atoms with E-state index in [1.807, 2.05) is 26.8 Å². The quantitative estimate of drug-likeness (QED) is 0.663. The Hall–Kier alpha value is -3.68. The van der Waals surface area contributed by atoms with Gasteiger partial charge in [-0.25, -0.2) is 9.78 Å². The van der Waals surface area contributed by atoms with Crippen molar-refractivity contribution >= 4 is 18.5 Å². The Morgan fingerprint density at radius 3 is 2.28 bits per heavy atom. The molecule has 0 spiro atoms. The van der Waals surface area contributed by atoms with Gasteiger partial charge in [-0.3, -0.25) is 4.79 Å². The lowest BCUT2D eigenvalue weighted by molar-refractivity contribution is -0.138. The zero-order chi connectivity index (χ0) is 24.5. The first kappa shape index (κ1) is 26.4. The van der Waals surface area contributed by atoms with Crippen molar-refractivity contribution in [1.82, 2.24) is 25.1 Å².